The van der Waals surface area contributed by atoms with E-state index in [1.807, 2.05) is 47.5 Å². The van der Waals surface area contributed by atoms with Gasteiger partial charge in [-0.2, -0.15) is 0 Å². The van der Waals surface area contributed by atoms with Gasteiger partial charge in [-0.15, -0.1) is 11.3 Å². The predicted molar refractivity (Wildman–Crippen MR) is 163 cm³/mol. The molecule has 41 heavy (non-hydrogen) atoms. The minimum Gasteiger partial charge on any atom is -0.392 e. The number of hydroxylamine groups is 1. The van der Waals surface area contributed by atoms with Crippen molar-refractivity contribution < 1.29 is 14.7 Å². The first-order chi connectivity index (χ1) is 19.7. The minimum absolute atomic E-state index is 0.0603. The molecule has 0 radical (unpaired) electrons. The predicted octanol–water partition coefficient (Wildman–Crippen LogP) is 5.19. The molecule has 214 valence electrons. The molecule has 0 atom stereocenters. The van der Waals surface area contributed by atoms with Gasteiger partial charge < -0.3 is 29.5 Å². The van der Waals surface area contributed by atoms with E-state index in [1.165, 1.54) is 9.44 Å². The zero-order chi connectivity index (χ0) is 28.7. The molecular formula is C31H35N5O4S. The van der Waals surface area contributed by atoms with E-state index in [-0.39, 0.29) is 23.4 Å². The second kappa shape index (κ2) is 10.8. The second-order valence-electron chi connectivity index (χ2n) is 11.4. The van der Waals surface area contributed by atoms with Crippen molar-refractivity contribution in [3.63, 3.8) is 0 Å². The lowest BCUT2D eigenvalue weighted by Crippen LogP contribution is -2.36. The van der Waals surface area contributed by atoms with Gasteiger partial charge in [-0.05, 0) is 41.8 Å². The number of hydrogen-bond donors (Lipinski definition) is 2. The molecule has 0 bridgehead atoms. The van der Waals surface area contributed by atoms with E-state index < -0.39 is 0 Å². The molecule has 4 heterocycles. The van der Waals surface area contributed by atoms with Crippen LogP contribution in [0.2, 0.25) is 0 Å². The Hall–Kier alpha value is -3.86. The van der Waals surface area contributed by atoms with Gasteiger partial charge in [-0.1, -0.05) is 32.9 Å². The van der Waals surface area contributed by atoms with Crippen LogP contribution in [0, 0.1) is 0 Å². The Morgan fingerprint density at radius 3 is 2.54 bits per heavy atom. The van der Waals surface area contributed by atoms with Crippen molar-refractivity contribution in [3.05, 3.63) is 81.1 Å². The fourth-order valence-electron chi connectivity index (χ4n) is 5.14. The van der Waals surface area contributed by atoms with Gasteiger partial charge in [0.15, 0.2) is 5.82 Å². The first kappa shape index (κ1) is 27.3. The van der Waals surface area contributed by atoms with Crippen LogP contribution in [0.5, 0.6) is 5.06 Å². The molecule has 0 saturated carbocycles. The van der Waals surface area contributed by atoms with Crippen molar-refractivity contribution in [1.29, 1.82) is 0 Å². The molecule has 0 unspecified atom stereocenters. The lowest BCUT2D eigenvalue weighted by Gasteiger charge is -2.28. The number of ether oxygens (including phenoxy) is 1. The number of aromatic nitrogens is 2. The van der Waals surface area contributed by atoms with Crippen LogP contribution < -0.4 is 25.7 Å². The molecular weight excluding hydrogens is 538 g/mol. The van der Waals surface area contributed by atoms with Crippen LogP contribution in [-0.2, 0) is 30.4 Å². The van der Waals surface area contributed by atoms with Crippen molar-refractivity contribution in [2.45, 2.75) is 39.3 Å². The third-order valence-electron chi connectivity index (χ3n) is 7.45. The first-order valence-corrected chi connectivity index (χ1v) is 14.6. The monoisotopic (exact) mass is 573 g/mol. The van der Waals surface area contributed by atoms with E-state index in [1.54, 1.807) is 24.6 Å². The number of aryl methyl sites for hydroxylation is 1. The van der Waals surface area contributed by atoms with E-state index in [9.17, 15) is 9.90 Å². The van der Waals surface area contributed by atoms with Crippen LogP contribution in [0.25, 0.3) is 11.3 Å². The molecule has 2 aliphatic rings. The minimum atomic E-state index is -0.241. The average Bonchev–Trinajstić information content (AvgIpc) is 3.56. The Morgan fingerprint density at radius 2 is 1.85 bits per heavy atom. The fraction of sp³-hybridized carbons (Fsp3) is 0.355. The highest BCUT2D eigenvalue weighted by Crippen LogP contribution is 2.44. The Balaban J connectivity index is 1.27. The van der Waals surface area contributed by atoms with E-state index in [4.69, 9.17) is 14.6 Å². The molecule has 2 aliphatic heterocycles. The van der Waals surface area contributed by atoms with Crippen molar-refractivity contribution in [1.82, 2.24) is 9.55 Å². The molecule has 2 aromatic carbocycles. The topological polar surface area (TPSA) is 92.1 Å². The summed E-state index contributed by atoms with van der Waals surface area (Å²) in [6.45, 7) is 10.1. The van der Waals surface area contributed by atoms with Crippen molar-refractivity contribution in [2.75, 3.05) is 41.6 Å². The Kier molecular flexibility index (Phi) is 7.23. The van der Waals surface area contributed by atoms with Crippen molar-refractivity contribution in [3.8, 4) is 16.3 Å². The van der Waals surface area contributed by atoms with Gasteiger partial charge >= 0.3 is 0 Å². The highest BCUT2D eigenvalue weighted by atomic mass is 32.1. The number of fused-ring (bicyclic) bond motifs is 1. The maximum Gasteiger partial charge on any atom is 0.293 e. The number of morpholine rings is 1. The van der Waals surface area contributed by atoms with E-state index >= 15 is 0 Å². The molecule has 10 heteroatoms. The molecule has 1 saturated heterocycles. The van der Waals surface area contributed by atoms with Gasteiger partial charge in [0.1, 0.15) is 0 Å². The summed E-state index contributed by atoms with van der Waals surface area (Å²) in [5, 5.41) is 16.4. The molecule has 0 aliphatic carbocycles. The third kappa shape index (κ3) is 5.42. The maximum atomic E-state index is 13.0. The Labute approximate surface area is 243 Å². The Morgan fingerprint density at radius 1 is 1.10 bits per heavy atom. The molecule has 6 rings (SSSR count). The highest BCUT2D eigenvalue weighted by molar-refractivity contribution is 7.14. The third-order valence-corrected chi connectivity index (χ3v) is 8.92. The molecule has 2 N–H and O–H groups in total. The van der Waals surface area contributed by atoms with Gasteiger partial charge in [0.05, 0.1) is 37.7 Å². The number of aliphatic hydroxyl groups excluding tert-OH is 1. The van der Waals surface area contributed by atoms with Crippen LogP contribution in [0.15, 0.2) is 59.5 Å². The zero-order valence-electron chi connectivity index (χ0n) is 23.8. The summed E-state index contributed by atoms with van der Waals surface area (Å²) in [4.78, 5) is 27.6. The lowest BCUT2D eigenvalue weighted by atomic mass is 9.94. The van der Waals surface area contributed by atoms with Crippen LogP contribution in [-0.4, -0.2) is 41.0 Å². The number of aliphatic hydroxyl groups is 1. The average molecular weight is 574 g/mol. The number of benzene rings is 2. The normalized spacial score (nSPS) is 15.1. The molecule has 4 aromatic rings. The van der Waals surface area contributed by atoms with E-state index in [2.05, 4.69) is 37.1 Å². The smallest absolute Gasteiger partial charge is 0.293 e. The molecule has 0 spiro atoms. The van der Waals surface area contributed by atoms with Gasteiger partial charge in [0, 0.05) is 59.3 Å². The summed E-state index contributed by atoms with van der Waals surface area (Å²) in [6.07, 6.45) is 1.70. The van der Waals surface area contributed by atoms with Gasteiger partial charge in [-0.25, -0.2) is 10.0 Å². The largest absolute Gasteiger partial charge is 0.392 e. The quantitative estimate of drug-likeness (QED) is 0.326. The summed E-state index contributed by atoms with van der Waals surface area (Å²) < 4.78 is 6.96. The SMILES string of the molecule is Cn1cc(-c2cccc(N3Cc4cc(C(C)(C)C)sc4O3)c2CO)nc(Nc2ccc(N3CCOCC3)cc2)c1=O. The standard InChI is InChI=1S/C31H35N5O4S/c1-31(2,3)27-16-20-17-36(40-30(20)41-27)26-7-5-6-23(24(26)19-37)25-18-34(4)29(38)28(33-25)32-21-8-10-22(11-9-21)35-12-14-39-15-13-35/h5-11,16,18,37H,12-15,17,19H2,1-4H3,(H,32,33). The molecule has 2 aromatic heterocycles. The van der Waals surface area contributed by atoms with Crippen LogP contribution in [0.3, 0.4) is 0 Å². The van der Waals surface area contributed by atoms with E-state index in [0.717, 1.165) is 59.6 Å². The maximum absolute atomic E-state index is 13.0. The van der Waals surface area contributed by atoms with Crippen LogP contribution in [0.4, 0.5) is 22.9 Å². The number of anilines is 4. The number of hydrogen-bond acceptors (Lipinski definition) is 9. The van der Waals surface area contributed by atoms with Gasteiger partial charge in [-0.3, -0.25) is 4.79 Å². The summed E-state index contributed by atoms with van der Waals surface area (Å²) in [7, 11) is 1.71. The van der Waals surface area contributed by atoms with Crippen molar-refractivity contribution in [2.24, 2.45) is 7.05 Å². The summed E-state index contributed by atoms with van der Waals surface area (Å²) in [5.74, 6) is 0.215. The molecule has 1 fully saturated rings. The highest BCUT2D eigenvalue weighted by Gasteiger charge is 2.30. The summed E-state index contributed by atoms with van der Waals surface area (Å²) in [6, 6.07) is 16.0. The summed E-state index contributed by atoms with van der Waals surface area (Å²) in [5.41, 5.74) is 5.62. The number of rotatable bonds is 6. The van der Waals surface area contributed by atoms with Gasteiger partial charge in [0.25, 0.3) is 5.56 Å². The number of nitrogens with one attached hydrogen (secondary N) is 1. The zero-order valence-corrected chi connectivity index (χ0v) is 24.6. The van der Waals surface area contributed by atoms with Crippen molar-refractivity contribution >= 4 is 34.2 Å². The van der Waals surface area contributed by atoms with Crippen LogP contribution in [0.1, 0.15) is 36.8 Å². The first-order valence-electron chi connectivity index (χ1n) is 13.8. The van der Waals surface area contributed by atoms with Crippen LogP contribution >= 0.6 is 11.3 Å². The summed E-state index contributed by atoms with van der Waals surface area (Å²) >= 11 is 1.66. The number of nitrogens with zero attached hydrogens (tertiary/aromatic N) is 4. The van der Waals surface area contributed by atoms with E-state index in [0.29, 0.717) is 17.8 Å². The molecule has 9 nitrogen and oxygen atoms in total. The molecule has 0 amide bonds. The fourth-order valence-corrected chi connectivity index (χ4v) is 6.23. The number of thiophene rings is 1. The Bertz CT molecular complexity index is 1590. The lowest BCUT2D eigenvalue weighted by molar-refractivity contribution is 0.122. The van der Waals surface area contributed by atoms with Gasteiger partial charge in [0.2, 0.25) is 5.06 Å². The second-order valence-corrected chi connectivity index (χ2v) is 12.4.